The van der Waals surface area contributed by atoms with Crippen LogP contribution in [-0.4, -0.2) is 29.1 Å². The summed E-state index contributed by atoms with van der Waals surface area (Å²) >= 11 is 3.35. The van der Waals surface area contributed by atoms with Crippen molar-refractivity contribution in [2.75, 3.05) is 0 Å². The number of benzene rings is 1. The standard InChI is InChI=1S/C18H16BrN3O2/c1-9-13-14(12-6-7-18(12)8-20-15(13)18)17(24)22(9)21-16(23)10-2-4-11(19)5-3-10/h2-5,8,12-15H,1,6-7H2,(H,21,23). The van der Waals surface area contributed by atoms with Crippen LogP contribution < -0.4 is 5.43 Å². The first-order chi connectivity index (χ1) is 11.5. The Labute approximate surface area is 147 Å². The second-order valence-electron chi connectivity index (χ2n) is 7.14. The summed E-state index contributed by atoms with van der Waals surface area (Å²) in [6.07, 6.45) is 4.25. The van der Waals surface area contributed by atoms with Crippen molar-refractivity contribution >= 4 is 34.0 Å². The molecular formula is C18H16BrN3O2. The first-order valence-corrected chi connectivity index (χ1v) is 8.96. The van der Waals surface area contributed by atoms with Crippen molar-refractivity contribution in [3.05, 3.63) is 46.6 Å². The molecule has 5 atom stereocenters. The Balaban J connectivity index is 1.40. The molecule has 5 rings (SSSR count). The smallest absolute Gasteiger partial charge is 0.270 e. The molecule has 1 spiro atoms. The number of nitrogens with zero attached hydrogens (tertiary/aromatic N) is 2. The lowest BCUT2D eigenvalue weighted by Gasteiger charge is -2.51. The normalized spacial score (nSPS) is 38.1. The predicted molar refractivity (Wildman–Crippen MR) is 92.0 cm³/mol. The number of aliphatic imine (C=N–C) groups is 1. The largest absolute Gasteiger partial charge is 0.292 e. The van der Waals surface area contributed by atoms with Gasteiger partial charge in [0.15, 0.2) is 0 Å². The molecule has 0 aromatic heterocycles. The third-order valence-corrected chi connectivity index (χ3v) is 6.79. The van der Waals surface area contributed by atoms with E-state index in [0.717, 1.165) is 17.3 Å². The fraction of sp³-hybridized carbons (Fsp3) is 0.389. The molecule has 24 heavy (non-hydrogen) atoms. The van der Waals surface area contributed by atoms with E-state index in [1.807, 2.05) is 0 Å². The second-order valence-corrected chi connectivity index (χ2v) is 8.06. The minimum absolute atomic E-state index is 0.0301. The molecule has 2 aliphatic heterocycles. The molecule has 5 nitrogen and oxygen atoms in total. The van der Waals surface area contributed by atoms with Gasteiger partial charge < -0.3 is 0 Å². The van der Waals surface area contributed by atoms with Gasteiger partial charge in [-0.1, -0.05) is 22.5 Å². The summed E-state index contributed by atoms with van der Waals surface area (Å²) < 4.78 is 0.902. The zero-order valence-corrected chi connectivity index (χ0v) is 14.5. The molecule has 1 aromatic carbocycles. The minimum Gasteiger partial charge on any atom is -0.292 e. The van der Waals surface area contributed by atoms with Crippen molar-refractivity contribution in [1.82, 2.24) is 10.4 Å². The lowest BCUT2D eigenvalue weighted by molar-refractivity contribution is -0.135. The molecule has 6 heteroatoms. The van der Waals surface area contributed by atoms with E-state index in [9.17, 15) is 9.59 Å². The van der Waals surface area contributed by atoms with E-state index in [1.54, 1.807) is 24.3 Å². The van der Waals surface area contributed by atoms with Crippen LogP contribution in [0.2, 0.25) is 0 Å². The molecule has 5 unspecified atom stereocenters. The maximum absolute atomic E-state index is 12.9. The van der Waals surface area contributed by atoms with Gasteiger partial charge in [-0.05, 0) is 43.0 Å². The van der Waals surface area contributed by atoms with Gasteiger partial charge in [0.25, 0.3) is 5.91 Å². The molecule has 1 aromatic rings. The first kappa shape index (κ1) is 14.4. The fourth-order valence-corrected chi connectivity index (χ4v) is 5.22. The van der Waals surface area contributed by atoms with Crippen LogP contribution in [0.25, 0.3) is 0 Å². The fourth-order valence-electron chi connectivity index (χ4n) is 4.96. The summed E-state index contributed by atoms with van der Waals surface area (Å²) in [4.78, 5) is 29.9. The second kappa shape index (κ2) is 4.57. The molecule has 1 saturated heterocycles. The van der Waals surface area contributed by atoms with Crippen LogP contribution in [0.4, 0.5) is 0 Å². The van der Waals surface area contributed by atoms with Crippen LogP contribution in [0.5, 0.6) is 0 Å². The zero-order chi connectivity index (χ0) is 16.6. The Bertz CT molecular complexity index is 818. The summed E-state index contributed by atoms with van der Waals surface area (Å²) in [5.41, 5.74) is 4.08. The monoisotopic (exact) mass is 385 g/mol. The van der Waals surface area contributed by atoms with Gasteiger partial charge >= 0.3 is 0 Å². The van der Waals surface area contributed by atoms with E-state index < -0.39 is 0 Å². The number of fused-ring (bicyclic) bond motifs is 3. The molecule has 4 aliphatic rings. The first-order valence-electron chi connectivity index (χ1n) is 8.16. The van der Waals surface area contributed by atoms with Crippen LogP contribution >= 0.6 is 15.9 Å². The summed E-state index contributed by atoms with van der Waals surface area (Å²) in [7, 11) is 0. The van der Waals surface area contributed by atoms with Crippen molar-refractivity contribution in [2.24, 2.45) is 28.2 Å². The highest BCUT2D eigenvalue weighted by molar-refractivity contribution is 9.10. The third-order valence-electron chi connectivity index (χ3n) is 6.26. The highest BCUT2D eigenvalue weighted by atomic mass is 79.9. The van der Waals surface area contributed by atoms with Crippen molar-refractivity contribution in [3.8, 4) is 0 Å². The van der Waals surface area contributed by atoms with Gasteiger partial charge in [0.1, 0.15) is 0 Å². The lowest BCUT2D eigenvalue weighted by Crippen LogP contribution is -2.54. The van der Waals surface area contributed by atoms with Gasteiger partial charge in [-0.2, -0.15) is 0 Å². The number of hydrogen-bond acceptors (Lipinski definition) is 3. The number of hydrazine groups is 1. The Morgan fingerprint density at radius 1 is 1.33 bits per heavy atom. The maximum Gasteiger partial charge on any atom is 0.270 e. The Kier molecular flexibility index (Phi) is 2.74. The van der Waals surface area contributed by atoms with Crippen molar-refractivity contribution < 1.29 is 9.59 Å². The van der Waals surface area contributed by atoms with Crippen LogP contribution in [-0.2, 0) is 4.79 Å². The van der Waals surface area contributed by atoms with Crippen molar-refractivity contribution in [1.29, 1.82) is 0 Å². The minimum atomic E-state index is -0.297. The van der Waals surface area contributed by atoms with Crippen LogP contribution in [0.3, 0.4) is 0 Å². The van der Waals surface area contributed by atoms with Gasteiger partial charge in [0.05, 0.1) is 12.0 Å². The van der Waals surface area contributed by atoms with E-state index in [2.05, 4.69) is 39.1 Å². The van der Waals surface area contributed by atoms with Crippen molar-refractivity contribution in [2.45, 2.75) is 18.9 Å². The molecule has 2 heterocycles. The maximum atomic E-state index is 12.9. The lowest BCUT2D eigenvalue weighted by atomic mass is 9.57. The van der Waals surface area contributed by atoms with E-state index >= 15 is 0 Å². The van der Waals surface area contributed by atoms with Gasteiger partial charge in [0.2, 0.25) is 5.91 Å². The Hall–Kier alpha value is -1.95. The molecule has 122 valence electrons. The number of nitrogens with one attached hydrogen (secondary N) is 1. The van der Waals surface area contributed by atoms with Gasteiger partial charge in [0, 0.05) is 33.3 Å². The van der Waals surface area contributed by atoms with Gasteiger partial charge in [-0.25, -0.2) is 5.01 Å². The Morgan fingerprint density at radius 3 is 2.67 bits per heavy atom. The number of carbonyl (C=O) groups excluding carboxylic acids is 2. The molecule has 2 amide bonds. The highest BCUT2D eigenvalue weighted by Gasteiger charge is 2.72. The number of rotatable bonds is 2. The summed E-state index contributed by atoms with van der Waals surface area (Å²) in [6, 6.07) is 7.21. The Morgan fingerprint density at radius 2 is 2.08 bits per heavy atom. The number of carbonyl (C=O) groups is 2. The van der Waals surface area contributed by atoms with Crippen LogP contribution in [0.1, 0.15) is 23.2 Å². The average molecular weight is 386 g/mol. The third kappa shape index (κ3) is 1.57. The topological polar surface area (TPSA) is 61.8 Å². The molecule has 2 saturated carbocycles. The molecule has 2 aliphatic carbocycles. The average Bonchev–Trinajstić information content (AvgIpc) is 2.79. The molecule has 3 fully saturated rings. The van der Waals surface area contributed by atoms with Gasteiger partial charge in [-0.15, -0.1) is 0 Å². The van der Waals surface area contributed by atoms with E-state index in [4.69, 9.17) is 0 Å². The zero-order valence-electron chi connectivity index (χ0n) is 12.9. The molecule has 0 radical (unpaired) electrons. The summed E-state index contributed by atoms with van der Waals surface area (Å²) in [5, 5.41) is 1.37. The SMILES string of the molecule is C=C1C2C(C(=O)N1NC(=O)c1ccc(Br)cc1)C1CCC13C=NC23. The quantitative estimate of drug-likeness (QED) is 0.849. The van der Waals surface area contributed by atoms with E-state index in [1.165, 1.54) is 5.01 Å². The molecular weight excluding hydrogens is 370 g/mol. The number of hydrogen-bond donors (Lipinski definition) is 1. The molecule has 1 N–H and O–H groups in total. The van der Waals surface area contributed by atoms with E-state index in [0.29, 0.717) is 17.2 Å². The van der Waals surface area contributed by atoms with Crippen LogP contribution in [0.15, 0.2) is 46.0 Å². The number of halogens is 1. The summed E-state index contributed by atoms with van der Waals surface area (Å²) in [5.74, 6) is -0.000452. The van der Waals surface area contributed by atoms with Crippen molar-refractivity contribution in [3.63, 3.8) is 0 Å². The summed E-state index contributed by atoms with van der Waals surface area (Å²) in [6.45, 7) is 4.11. The molecule has 0 bridgehead atoms. The number of amides is 2. The van der Waals surface area contributed by atoms with E-state index in [-0.39, 0.29) is 35.1 Å². The highest BCUT2D eigenvalue weighted by Crippen LogP contribution is 2.68. The predicted octanol–water partition coefficient (Wildman–Crippen LogP) is 2.55. The van der Waals surface area contributed by atoms with Crippen LogP contribution in [0, 0.1) is 23.2 Å². The van der Waals surface area contributed by atoms with Gasteiger partial charge in [-0.3, -0.25) is 20.0 Å².